The van der Waals surface area contributed by atoms with Gasteiger partial charge in [0.15, 0.2) is 0 Å². The third-order valence-corrected chi connectivity index (χ3v) is 4.43. The van der Waals surface area contributed by atoms with Crippen molar-refractivity contribution in [3.05, 3.63) is 29.3 Å². The zero-order chi connectivity index (χ0) is 15.5. The van der Waals surface area contributed by atoms with Gasteiger partial charge in [-0.1, -0.05) is 11.6 Å². The van der Waals surface area contributed by atoms with Crippen LogP contribution in [0.25, 0.3) is 0 Å². The summed E-state index contributed by atoms with van der Waals surface area (Å²) in [6, 6.07) is 7.75. The Morgan fingerprint density at radius 3 is 2.71 bits per heavy atom. The highest BCUT2D eigenvalue weighted by molar-refractivity contribution is 6.30. The Hall–Kier alpha value is -1.26. The number of nitrogens with one attached hydrogen (secondary N) is 1. The molecule has 1 aliphatic rings. The van der Waals surface area contributed by atoms with Crippen molar-refractivity contribution >= 4 is 23.3 Å². The summed E-state index contributed by atoms with van der Waals surface area (Å²) in [5.74, 6) is -0.167. The standard InChI is InChI=1S/C16H23ClN2O2/c1-4-21-15(20)16(9-10-19(3)12(2)11-16)18-14-7-5-13(17)6-8-14/h5-8,12,18H,4,9-11H2,1-3H3. The summed E-state index contributed by atoms with van der Waals surface area (Å²) in [6.07, 6.45) is 1.46. The molecule has 1 fully saturated rings. The van der Waals surface area contributed by atoms with Crippen LogP contribution in [0.4, 0.5) is 5.69 Å². The van der Waals surface area contributed by atoms with Gasteiger partial charge < -0.3 is 15.0 Å². The van der Waals surface area contributed by atoms with E-state index in [2.05, 4.69) is 24.2 Å². The number of ether oxygens (including phenoxy) is 1. The summed E-state index contributed by atoms with van der Waals surface area (Å²) < 4.78 is 5.32. The van der Waals surface area contributed by atoms with Crippen molar-refractivity contribution in [1.82, 2.24) is 4.90 Å². The maximum atomic E-state index is 12.5. The lowest BCUT2D eigenvalue weighted by Gasteiger charge is -2.43. The number of piperidine rings is 1. The minimum absolute atomic E-state index is 0.167. The van der Waals surface area contributed by atoms with Gasteiger partial charge in [0, 0.05) is 23.3 Å². The fourth-order valence-corrected chi connectivity index (χ4v) is 2.90. The second kappa shape index (κ2) is 6.67. The highest BCUT2D eigenvalue weighted by atomic mass is 35.5. The molecule has 5 heteroatoms. The number of benzene rings is 1. The predicted molar refractivity (Wildman–Crippen MR) is 85.8 cm³/mol. The molecule has 2 unspecified atom stereocenters. The van der Waals surface area contributed by atoms with E-state index < -0.39 is 5.54 Å². The van der Waals surface area contributed by atoms with Crippen LogP contribution >= 0.6 is 11.6 Å². The molecule has 1 saturated heterocycles. The van der Waals surface area contributed by atoms with Crippen molar-refractivity contribution in [3.8, 4) is 0 Å². The number of hydrogen-bond acceptors (Lipinski definition) is 4. The maximum absolute atomic E-state index is 12.5. The van der Waals surface area contributed by atoms with Gasteiger partial charge in [-0.15, -0.1) is 0 Å². The highest BCUT2D eigenvalue weighted by Crippen LogP contribution is 2.31. The van der Waals surface area contributed by atoms with E-state index in [1.165, 1.54) is 0 Å². The average molecular weight is 311 g/mol. The summed E-state index contributed by atoms with van der Waals surface area (Å²) >= 11 is 5.92. The number of carbonyl (C=O) groups is 1. The second-order valence-electron chi connectivity index (χ2n) is 5.72. The molecule has 2 atom stereocenters. The van der Waals surface area contributed by atoms with Crippen molar-refractivity contribution in [1.29, 1.82) is 0 Å². The molecule has 1 aromatic rings. The van der Waals surface area contributed by atoms with Crippen molar-refractivity contribution < 1.29 is 9.53 Å². The minimum atomic E-state index is -0.657. The first-order valence-electron chi connectivity index (χ1n) is 7.38. The SMILES string of the molecule is CCOC(=O)C1(Nc2ccc(Cl)cc2)CCN(C)C(C)C1. The number of likely N-dealkylation sites (tertiary alicyclic amines) is 1. The topological polar surface area (TPSA) is 41.6 Å². The van der Waals surface area contributed by atoms with Gasteiger partial charge in [-0.3, -0.25) is 0 Å². The molecular formula is C16H23ClN2O2. The molecule has 0 saturated carbocycles. The molecule has 116 valence electrons. The van der Waals surface area contributed by atoms with E-state index in [0.29, 0.717) is 17.7 Å². The van der Waals surface area contributed by atoms with E-state index in [1.54, 1.807) is 0 Å². The van der Waals surface area contributed by atoms with E-state index in [-0.39, 0.29) is 5.97 Å². The first-order chi connectivity index (χ1) is 9.97. The summed E-state index contributed by atoms with van der Waals surface area (Å²) in [4.78, 5) is 14.8. The molecule has 1 N–H and O–H groups in total. The Morgan fingerprint density at radius 1 is 1.48 bits per heavy atom. The molecule has 21 heavy (non-hydrogen) atoms. The van der Waals surface area contributed by atoms with Gasteiger partial charge >= 0.3 is 5.97 Å². The zero-order valence-electron chi connectivity index (χ0n) is 12.9. The summed E-state index contributed by atoms with van der Waals surface area (Å²) in [6.45, 7) is 5.23. The van der Waals surface area contributed by atoms with Crippen LogP contribution in [0.2, 0.25) is 5.02 Å². The molecule has 1 heterocycles. The van der Waals surface area contributed by atoms with E-state index >= 15 is 0 Å². The summed E-state index contributed by atoms with van der Waals surface area (Å²) in [5, 5.41) is 4.08. The van der Waals surface area contributed by atoms with Crippen LogP contribution < -0.4 is 5.32 Å². The molecule has 0 amide bonds. The average Bonchev–Trinajstić information content (AvgIpc) is 2.46. The Morgan fingerprint density at radius 2 is 2.14 bits per heavy atom. The summed E-state index contributed by atoms with van der Waals surface area (Å²) in [7, 11) is 2.09. The predicted octanol–water partition coefficient (Wildman–Crippen LogP) is 3.17. The van der Waals surface area contributed by atoms with Crippen LogP contribution in [0.3, 0.4) is 0 Å². The van der Waals surface area contributed by atoms with Crippen molar-refractivity contribution in [2.75, 3.05) is 25.5 Å². The number of esters is 1. The van der Waals surface area contributed by atoms with E-state index in [1.807, 2.05) is 31.2 Å². The van der Waals surface area contributed by atoms with Crippen molar-refractivity contribution in [2.45, 2.75) is 38.3 Å². The minimum Gasteiger partial charge on any atom is -0.464 e. The van der Waals surface area contributed by atoms with Crippen LogP contribution in [-0.2, 0) is 9.53 Å². The van der Waals surface area contributed by atoms with Gasteiger partial charge in [0.05, 0.1) is 6.61 Å². The normalized spacial score (nSPS) is 26.4. The van der Waals surface area contributed by atoms with Crippen LogP contribution in [0.15, 0.2) is 24.3 Å². The van der Waals surface area contributed by atoms with Gasteiger partial charge in [0.1, 0.15) is 5.54 Å². The first-order valence-corrected chi connectivity index (χ1v) is 7.76. The van der Waals surface area contributed by atoms with Gasteiger partial charge in [-0.25, -0.2) is 4.79 Å². The monoisotopic (exact) mass is 310 g/mol. The molecule has 0 aromatic heterocycles. The summed E-state index contributed by atoms with van der Waals surface area (Å²) in [5.41, 5.74) is 0.236. The lowest BCUT2D eigenvalue weighted by atomic mass is 9.83. The fourth-order valence-electron chi connectivity index (χ4n) is 2.78. The van der Waals surface area contributed by atoms with Crippen molar-refractivity contribution in [2.24, 2.45) is 0 Å². The number of halogens is 1. The second-order valence-corrected chi connectivity index (χ2v) is 6.15. The Bertz CT molecular complexity index is 492. The number of hydrogen-bond donors (Lipinski definition) is 1. The Balaban J connectivity index is 2.23. The molecule has 2 rings (SSSR count). The van der Waals surface area contributed by atoms with Crippen LogP contribution in [0.5, 0.6) is 0 Å². The van der Waals surface area contributed by atoms with Crippen molar-refractivity contribution in [3.63, 3.8) is 0 Å². The molecule has 0 bridgehead atoms. The molecule has 0 spiro atoms. The van der Waals surface area contributed by atoms with Crippen LogP contribution in [0, 0.1) is 0 Å². The van der Waals surface area contributed by atoms with E-state index in [9.17, 15) is 4.79 Å². The number of nitrogens with zero attached hydrogens (tertiary/aromatic N) is 1. The zero-order valence-corrected chi connectivity index (χ0v) is 13.6. The molecule has 0 radical (unpaired) electrons. The molecule has 1 aromatic carbocycles. The molecule has 4 nitrogen and oxygen atoms in total. The number of carbonyl (C=O) groups excluding carboxylic acids is 1. The molecular weight excluding hydrogens is 288 g/mol. The smallest absolute Gasteiger partial charge is 0.331 e. The van der Waals surface area contributed by atoms with Crippen LogP contribution in [0.1, 0.15) is 26.7 Å². The quantitative estimate of drug-likeness (QED) is 0.867. The van der Waals surface area contributed by atoms with Gasteiger partial charge in [0.25, 0.3) is 0 Å². The third-order valence-electron chi connectivity index (χ3n) is 4.18. The number of rotatable bonds is 4. The lowest BCUT2D eigenvalue weighted by Crippen LogP contribution is -2.57. The van der Waals surface area contributed by atoms with Gasteiger partial charge in [0.2, 0.25) is 0 Å². The Labute approximate surface area is 131 Å². The lowest BCUT2D eigenvalue weighted by molar-refractivity contribution is -0.151. The highest BCUT2D eigenvalue weighted by Gasteiger charge is 2.44. The molecule has 1 aliphatic heterocycles. The van der Waals surface area contributed by atoms with E-state index in [0.717, 1.165) is 25.1 Å². The van der Waals surface area contributed by atoms with Crippen LogP contribution in [-0.4, -0.2) is 42.6 Å². The maximum Gasteiger partial charge on any atom is 0.331 e. The fraction of sp³-hybridized carbons (Fsp3) is 0.562. The Kier molecular flexibility index (Phi) is 5.12. The molecule has 0 aliphatic carbocycles. The van der Waals surface area contributed by atoms with Gasteiger partial charge in [-0.2, -0.15) is 0 Å². The van der Waals surface area contributed by atoms with Gasteiger partial charge in [-0.05, 0) is 58.0 Å². The van der Waals surface area contributed by atoms with E-state index in [4.69, 9.17) is 16.3 Å². The third kappa shape index (κ3) is 3.69. The largest absolute Gasteiger partial charge is 0.464 e. The first kappa shape index (κ1) is 16.1. The number of anilines is 1.